The molecule has 2 fully saturated rings. The van der Waals surface area contributed by atoms with Crippen LogP contribution in [0.25, 0.3) is 11.2 Å². The number of anilines is 2. The summed E-state index contributed by atoms with van der Waals surface area (Å²) in [6, 6.07) is 9.89. The van der Waals surface area contributed by atoms with Crippen LogP contribution in [0.1, 0.15) is 35.2 Å². The number of hydrogen-bond acceptors (Lipinski definition) is 6. The lowest BCUT2D eigenvalue weighted by Gasteiger charge is -2.23. The molecule has 2 aliphatic heterocycles. The average molecular weight is 419 g/mol. The van der Waals surface area contributed by atoms with Crippen LogP contribution in [0.5, 0.6) is 0 Å². The van der Waals surface area contributed by atoms with Gasteiger partial charge in [-0.1, -0.05) is 6.07 Å². The minimum Gasteiger partial charge on any atom is -0.422 e. The Kier molecular flexibility index (Phi) is 5.05. The summed E-state index contributed by atoms with van der Waals surface area (Å²) in [4.78, 5) is 39.9. The molecule has 3 aromatic rings. The molecule has 0 unspecified atom stereocenters. The minimum atomic E-state index is -0.00558. The lowest BCUT2D eigenvalue weighted by molar-refractivity contribution is -0.117. The maximum absolute atomic E-state index is 13.3. The molecule has 0 radical (unpaired) electrons. The minimum absolute atomic E-state index is 0.00558. The Hall–Kier alpha value is -3.42. The standard InChI is InChI=1S/C23H25N5O3/c1-16-7-8-17(15-18(16)28-12-3-6-20(28)29)22(30)26-10-4-11-27(14-13-26)23-25-21-19(31-23)5-2-9-24-21/h2,5,7-9,15H,3-4,6,10-14H2,1H3. The quantitative estimate of drug-likeness (QED) is 0.649. The van der Waals surface area contributed by atoms with Crippen LogP contribution in [-0.4, -0.2) is 59.4 Å². The molecular weight excluding hydrogens is 394 g/mol. The van der Waals surface area contributed by atoms with Gasteiger partial charge in [0.1, 0.15) is 0 Å². The Bertz CT molecular complexity index is 1110. The summed E-state index contributed by atoms with van der Waals surface area (Å²) in [6.07, 6.45) is 3.96. The van der Waals surface area contributed by atoms with E-state index in [2.05, 4.69) is 14.9 Å². The Morgan fingerprint density at radius 2 is 1.97 bits per heavy atom. The molecule has 160 valence electrons. The van der Waals surface area contributed by atoms with Gasteiger partial charge in [-0.3, -0.25) is 9.59 Å². The second-order valence-corrected chi connectivity index (χ2v) is 8.10. The number of amides is 2. The summed E-state index contributed by atoms with van der Waals surface area (Å²) in [5, 5.41) is 0. The number of hydrogen-bond donors (Lipinski definition) is 0. The molecule has 8 nitrogen and oxygen atoms in total. The van der Waals surface area contributed by atoms with Crippen LogP contribution in [0.2, 0.25) is 0 Å². The van der Waals surface area contributed by atoms with E-state index in [1.165, 1.54) is 0 Å². The molecular formula is C23H25N5O3. The summed E-state index contributed by atoms with van der Waals surface area (Å²) >= 11 is 0. The van der Waals surface area contributed by atoms with Crippen LogP contribution in [0.15, 0.2) is 40.9 Å². The Morgan fingerprint density at radius 1 is 1.06 bits per heavy atom. The van der Waals surface area contributed by atoms with Gasteiger partial charge >= 0.3 is 0 Å². The first-order valence-corrected chi connectivity index (χ1v) is 10.8. The molecule has 1 aromatic carbocycles. The van der Waals surface area contributed by atoms with E-state index in [1.807, 2.05) is 42.2 Å². The number of carbonyl (C=O) groups excluding carboxylic acids is 2. The zero-order valence-electron chi connectivity index (χ0n) is 17.6. The van der Waals surface area contributed by atoms with E-state index in [0.29, 0.717) is 48.9 Å². The SMILES string of the molecule is Cc1ccc(C(=O)N2CCCN(c3nc4ncccc4o3)CC2)cc1N1CCCC1=O. The van der Waals surface area contributed by atoms with Crippen molar-refractivity contribution in [3.05, 3.63) is 47.7 Å². The smallest absolute Gasteiger partial charge is 0.300 e. The van der Waals surface area contributed by atoms with Crippen LogP contribution in [-0.2, 0) is 4.79 Å². The highest BCUT2D eigenvalue weighted by Gasteiger charge is 2.26. The lowest BCUT2D eigenvalue weighted by Crippen LogP contribution is -2.35. The normalized spacial score (nSPS) is 17.5. The van der Waals surface area contributed by atoms with Gasteiger partial charge in [-0.05, 0) is 49.6 Å². The van der Waals surface area contributed by atoms with Crippen molar-refractivity contribution >= 4 is 34.7 Å². The summed E-state index contributed by atoms with van der Waals surface area (Å²) < 4.78 is 5.85. The van der Waals surface area contributed by atoms with Crippen molar-refractivity contribution in [1.29, 1.82) is 0 Å². The molecule has 5 rings (SSSR count). The maximum atomic E-state index is 13.3. The van der Waals surface area contributed by atoms with Crippen molar-refractivity contribution in [3.63, 3.8) is 0 Å². The molecule has 2 saturated heterocycles. The van der Waals surface area contributed by atoms with E-state index in [4.69, 9.17) is 4.42 Å². The molecule has 0 N–H and O–H groups in total. The zero-order valence-corrected chi connectivity index (χ0v) is 17.6. The van der Waals surface area contributed by atoms with Crippen molar-refractivity contribution in [1.82, 2.24) is 14.9 Å². The molecule has 4 heterocycles. The van der Waals surface area contributed by atoms with Gasteiger partial charge in [-0.15, -0.1) is 0 Å². The van der Waals surface area contributed by atoms with E-state index in [1.54, 1.807) is 11.1 Å². The number of benzene rings is 1. The Balaban J connectivity index is 1.32. The predicted molar refractivity (Wildman–Crippen MR) is 117 cm³/mol. The summed E-state index contributed by atoms with van der Waals surface area (Å²) in [5.41, 5.74) is 3.75. The number of aromatic nitrogens is 2. The average Bonchev–Trinajstić information content (AvgIpc) is 3.32. The molecule has 0 bridgehead atoms. The van der Waals surface area contributed by atoms with Gasteiger partial charge in [-0.2, -0.15) is 4.98 Å². The highest BCUT2D eigenvalue weighted by Crippen LogP contribution is 2.27. The molecule has 2 amide bonds. The fourth-order valence-electron chi connectivity index (χ4n) is 4.32. The second kappa shape index (κ2) is 8.02. The highest BCUT2D eigenvalue weighted by molar-refractivity contribution is 5.99. The number of oxazole rings is 1. The number of rotatable bonds is 3. The molecule has 8 heteroatoms. The second-order valence-electron chi connectivity index (χ2n) is 8.10. The topological polar surface area (TPSA) is 82.8 Å². The fourth-order valence-corrected chi connectivity index (χ4v) is 4.32. The predicted octanol–water partition coefficient (Wildman–Crippen LogP) is 3.01. The van der Waals surface area contributed by atoms with Crippen LogP contribution in [0.4, 0.5) is 11.7 Å². The molecule has 0 aliphatic carbocycles. The first-order valence-electron chi connectivity index (χ1n) is 10.8. The van der Waals surface area contributed by atoms with Crippen molar-refractivity contribution < 1.29 is 14.0 Å². The monoisotopic (exact) mass is 419 g/mol. The van der Waals surface area contributed by atoms with E-state index >= 15 is 0 Å². The third kappa shape index (κ3) is 3.73. The number of fused-ring (bicyclic) bond motifs is 1. The van der Waals surface area contributed by atoms with Crippen molar-refractivity contribution in [3.8, 4) is 0 Å². The molecule has 2 aromatic heterocycles. The Labute approximate surface area is 180 Å². The van der Waals surface area contributed by atoms with E-state index < -0.39 is 0 Å². The lowest BCUT2D eigenvalue weighted by atomic mass is 10.1. The summed E-state index contributed by atoms with van der Waals surface area (Å²) in [6.45, 7) is 5.35. The molecule has 2 aliphatic rings. The molecule has 0 spiro atoms. The van der Waals surface area contributed by atoms with Gasteiger partial charge in [0.15, 0.2) is 5.58 Å². The number of nitrogens with zero attached hydrogens (tertiary/aromatic N) is 5. The van der Waals surface area contributed by atoms with Gasteiger partial charge in [0.25, 0.3) is 11.9 Å². The third-order valence-electron chi connectivity index (χ3n) is 6.03. The van der Waals surface area contributed by atoms with E-state index in [-0.39, 0.29) is 11.8 Å². The number of pyridine rings is 1. The van der Waals surface area contributed by atoms with Crippen LogP contribution in [0, 0.1) is 6.92 Å². The molecule has 0 atom stereocenters. The van der Waals surface area contributed by atoms with Gasteiger partial charge in [0.05, 0.1) is 0 Å². The van der Waals surface area contributed by atoms with Crippen molar-refractivity contribution in [2.24, 2.45) is 0 Å². The number of carbonyl (C=O) groups is 2. The van der Waals surface area contributed by atoms with E-state index in [9.17, 15) is 9.59 Å². The van der Waals surface area contributed by atoms with Crippen LogP contribution >= 0.6 is 0 Å². The van der Waals surface area contributed by atoms with E-state index in [0.717, 1.165) is 37.2 Å². The van der Waals surface area contributed by atoms with Crippen LogP contribution < -0.4 is 9.80 Å². The molecule has 31 heavy (non-hydrogen) atoms. The third-order valence-corrected chi connectivity index (χ3v) is 6.03. The molecule has 0 saturated carbocycles. The Morgan fingerprint density at radius 3 is 2.77 bits per heavy atom. The van der Waals surface area contributed by atoms with Gasteiger partial charge in [0.2, 0.25) is 11.6 Å². The summed E-state index contributed by atoms with van der Waals surface area (Å²) in [5.74, 6) is 0.125. The first kappa shape index (κ1) is 19.5. The van der Waals surface area contributed by atoms with Crippen molar-refractivity contribution in [2.75, 3.05) is 42.5 Å². The highest BCUT2D eigenvalue weighted by atomic mass is 16.4. The largest absolute Gasteiger partial charge is 0.422 e. The van der Waals surface area contributed by atoms with Gasteiger partial charge < -0.3 is 19.1 Å². The fraction of sp³-hybridized carbons (Fsp3) is 0.391. The number of aryl methyl sites for hydroxylation is 1. The maximum Gasteiger partial charge on any atom is 0.300 e. The van der Waals surface area contributed by atoms with Gasteiger partial charge in [0, 0.05) is 56.6 Å². The zero-order chi connectivity index (χ0) is 21.4. The summed E-state index contributed by atoms with van der Waals surface area (Å²) in [7, 11) is 0. The first-order chi connectivity index (χ1) is 15.1. The van der Waals surface area contributed by atoms with Crippen LogP contribution in [0.3, 0.4) is 0 Å². The van der Waals surface area contributed by atoms with Crippen molar-refractivity contribution in [2.45, 2.75) is 26.2 Å². The van der Waals surface area contributed by atoms with Gasteiger partial charge in [-0.25, -0.2) is 4.98 Å².